The number of carbonyl (C=O) groups is 1. The molecule has 0 radical (unpaired) electrons. The second kappa shape index (κ2) is 9.84. The Balaban J connectivity index is 1.82. The molecular formula is C21H28N2O2. The van der Waals surface area contributed by atoms with Crippen molar-refractivity contribution < 1.29 is 9.53 Å². The first kappa shape index (κ1) is 19.0. The maximum absolute atomic E-state index is 12.3. The summed E-state index contributed by atoms with van der Waals surface area (Å²) in [5.74, 6) is 0.879. The van der Waals surface area contributed by atoms with Crippen LogP contribution >= 0.6 is 0 Å². The van der Waals surface area contributed by atoms with Crippen LogP contribution in [0.15, 0.2) is 48.5 Å². The Labute approximate surface area is 150 Å². The molecule has 0 fully saturated rings. The van der Waals surface area contributed by atoms with Crippen LogP contribution in [0.25, 0.3) is 0 Å². The van der Waals surface area contributed by atoms with Crippen LogP contribution in [-0.2, 0) is 4.79 Å². The number of carbonyl (C=O) groups excluding carboxylic acids is 1. The van der Waals surface area contributed by atoms with Crippen LogP contribution in [0.4, 0.5) is 5.69 Å². The predicted molar refractivity (Wildman–Crippen MR) is 103 cm³/mol. The number of benzene rings is 2. The number of anilines is 1. The smallest absolute Gasteiger partial charge is 0.238 e. The lowest BCUT2D eigenvalue weighted by Crippen LogP contribution is -2.36. The molecule has 2 rings (SSSR count). The van der Waals surface area contributed by atoms with Gasteiger partial charge in [-0.15, -0.1) is 0 Å². The summed E-state index contributed by atoms with van der Waals surface area (Å²) in [6.45, 7) is 8.71. The Kier molecular flexibility index (Phi) is 7.48. The van der Waals surface area contributed by atoms with E-state index in [2.05, 4.69) is 24.1 Å². The molecule has 0 heterocycles. The van der Waals surface area contributed by atoms with Gasteiger partial charge in [0.25, 0.3) is 0 Å². The first-order valence-corrected chi connectivity index (χ1v) is 8.85. The van der Waals surface area contributed by atoms with E-state index in [0.717, 1.165) is 36.5 Å². The van der Waals surface area contributed by atoms with Gasteiger partial charge in [0.15, 0.2) is 0 Å². The van der Waals surface area contributed by atoms with Gasteiger partial charge in [0, 0.05) is 12.2 Å². The van der Waals surface area contributed by atoms with E-state index in [1.165, 1.54) is 5.56 Å². The van der Waals surface area contributed by atoms with Crippen LogP contribution in [0.3, 0.4) is 0 Å². The molecule has 0 spiro atoms. The number of nitrogens with one attached hydrogen (secondary N) is 1. The zero-order chi connectivity index (χ0) is 18.1. The first-order chi connectivity index (χ1) is 12.1. The fourth-order valence-electron chi connectivity index (χ4n) is 2.62. The van der Waals surface area contributed by atoms with Gasteiger partial charge in [0.2, 0.25) is 5.91 Å². The van der Waals surface area contributed by atoms with Crippen molar-refractivity contribution in [3.63, 3.8) is 0 Å². The first-order valence-electron chi connectivity index (χ1n) is 8.85. The minimum atomic E-state index is 0.0121. The molecule has 0 aliphatic carbocycles. The third-order valence-corrected chi connectivity index (χ3v) is 4.02. The molecule has 0 bridgehead atoms. The van der Waals surface area contributed by atoms with Gasteiger partial charge in [0.05, 0.1) is 6.54 Å². The largest absolute Gasteiger partial charge is 0.492 e. The van der Waals surface area contributed by atoms with Crippen molar-refractivity contribution in [3.8, 4) is 5.75 Å². The molecule has 0 aromatic heterocycles. The average Bonchev–Trinajstić information content (AvgIpc) is 2.59. The van der Waals surface area contributed by atoms with E-state index in [1.54, 1.807) is 0 Å². The summed E-state index contributed by atoms with van der Waals surface area (Å²) < 4.78 is 5.78. The van der Waals surface area contributed by atoms with Gasteiger partial charge in [-0.25, -0.2) is 0 Å². The maximum Gasteiger partial charge on any atom is 0.238 e. The number of para-hydroxylation sites is 1. The van der Waals surface area contributed by atoms with E-state index in [-0.39, 0.29) is 5.91 Å². The molecule has 0 saturated heterocycles. The maximum atomic E-state index is 12.3. The highest BCUT2D eigenvalue weighted by atomic mass is 16.5. The molecule has 1 N–H and O–H groups in total. The highest BCUT2D eigenvalue weighted by Crippen LogP contribution is 2.13. The van der Waals surface area contributed by atoms with Crippen LogP contribution in [-0.4, -0.2) is 37.0 Å². The number of nitrogens with zero attached hydrogens (tertiary/aromatic N) is 1. The van der Waals surface area contributed by atoms with Gasteiger partial charge in [0.1, 0.15) is 12.4 Å². The molecule has 2 aromatic rings. The standard InChI is InChI=1S/C21H28N2O2/c1-4-13-23(14-15-25-19-11-9-17(2)10-12-19)16-21(24)22-20-8-6-5-7-18(20)3/h5-12H,4,13-16H2,1-3H3,(H,22,24). The van der Waals surface area contributed by atoms with Crippen LogP contribution in [0.1, 0.15) is 24.5 Å². The summed E-state index contributed by atoms with van der Waals surface area (Å²) in [5.41, 5.74) is 3.16. The lowest BCUT2D eigenvalue weighted by atomic mass is 10.2. The monoisotopic (exact) mass is 340 g/mol. The van der Waals surface area contributed by atoms with E-state index in [9.17, 15) is 4.79 Å². The number of hydrogen-bond acceptors (Lipinski definition) is 3. The summed E-state index contributed by atoms with van der Waals surface area (Å²) in [4.78, 5) is 14.5. The van der Waals surface area contributed by atoms with Crippen molar-refractivity contribution in [2.45, 2.75) is 27.2 Å². The van der Waals surface area contributed by atoms with Gasteiger partial charge >= 0.3 is 0 Å². The summed E-state index contributed by atoms with van der Waals surface area (Å²) in [6, 6.07) is 15.9. The van der Waals surface area contributed by atoms with Crippen molar-refractivity contribution in [2.24, 2.45) is 0 Å². The average molecular weight is 340 g/mol. The third-order valence-electron chi connectivity index (χ3n) is 4.02. The lowest BCUT2D eigenvalue weighted by Gasteiger charge is -2.21. The van der Waals surface area contributed by atoms with E-state index >= 15 is 0 Å². The fourth-order valence-corrected chi connectivity index (χ4v) is 2.62. The lowest BCUT2D eigenvalue weighted by molar-refractivity contribution is -0.117. The molecule has 4 heteroatoms. The quantitative estimate of drug-likeness (QED) is 0.749. The number of hydrogen-bond donors (Lipinski definition) is 1. The van der Waals surface area contributed by atoms with Crippen molar-refractivity contribution >= 4 is 11.6 Å². The minimum absolute atomic E-state index is 0.0121. The predicted octanol–water partition coefficient (Wildman–Crippen LogP) is 4.03. The van der Waals surface area contributed by atoms with Crippen LogP contribution in [0.2, 0.25) is 0 Å². The number of aryl methyl sites for hydroxylation is 2. The van der Waals surface area contributed by atoms with Gasteiger partial charge in [-0.1, -0.05) is 42.8 Å². The second-order valence-corrected chi connectivity index (χ2v) is 6.30. The van der Waals surface area contributed by atoms with E-state index < -0.39 is 0 Å². The molecule has 4 nitrogen and oxygen atoms in total. The third kappa shape index (κ3) is 6.59. The molecule has 25 heavy (non-hydrogen) atoms. The summed E-state index contributed by atoms with van der Waals surface area (Å²) in [5, 5.41) is 2.99. The minimum Gasteiger partial charge on any atom is -0.492 e. The molecular weight excluding hydrogens is 312 g/mol. The van der Waals surface area contributed by atoms with Crippen molar-refractivity contribution in [1.82, 2.24) is 4.90 Å². The summed E-state index contributed by atoms with van der Waals surface area (Å²) in [7, 11) is 0. The van der Waals surface area contributed by atoms with Gasteiger partial charge in [-0.05, 0) is 50.6 Å². The van der Waals surface area contributed by atoms with Crippen LogP contribution < -0.4 is 10.1 Å². The molecule has 134 valence electrons. The summed E-state index contributed by atoms with van der Waals surface area (Å²) in [6.07, 6.45) is 1.00. The Hall–Kier alpha value is -2.33. The molecule has 0 unspecified atom stereocenters. The van der Waals surface area contributed by atoms with E-state index in [0.29, 0.717) is 13.2 Å². The van der Waals surface area contributed by atoms with Gasteiger partial charge in [-0.2, -0.15) is 0 Å². The highest BCUT2D eigenvalue weighted by Gasteiger charge is 2.11. The summed E-state index contributed by atoms with van der Waals surface area (Å²) >= 11 is 0. The van der Waals surface area contributed by atoms with E-state index in [4.69, 9.17) is 4.74 Å². The molecule has 0 saturated carbocycles. The Bertz CT molecular complexity index is 668. The van der Waals surface area contributed by atoms with Crippen LogP contribution in [0.5, 0.6) is 5.75 Å². The molecule has 2 aromatic carbocycles. The topological polar surface area (TPSA) is 41.6 Å². The number of ether oxygens (including phenoxy) is 1. The van der Waals surface area contributed by atoms with E-state index in [1.807, 2.05) is 55.5 Å². The zero-order valence-electron chi connectivity index (χ0n) is 15.4. The normalized spacial score (nSPS) is 10.7. The Morgan fingerprint density at radius 3 is 2.44 bits per heavy atom. The number of amides is 1. The van der Waals surface area contributed by atoms with Gasteiger partial charge < -0.3 is 10.1 Å². The Morgan fingerprint density at radius 1 is 1.04 bits per heavy atom. The Morgan fingerprint density at radius 2 is 1.76 bits per heavy atom. The SMILES string of the molecule is CCCN(CCOc1ccc(C)cc1)CC(=O)Nc1ccccc1C. The highest BCUT2D eigenvalue weighted by molar-refractivity contribution is 5.92. The van der Waals surface area contributed by atoms with Crippen LogP contribution in [0, 0.1) is 13.8 Å². The molecule has 1 amide bonds. The zero-order valence-corrected chi connectivity index (χ0v) is 15.4. The molecule has 0 atom stereocenters. The fraction of sp³-hybridized carbons (Fsp3) is 0.381. The second-order valence-electron chi connectivity index (χ2n) is 6.30. The molecule has 0 aliphatic heterocycles. The van der Waals surface area contributed by atoms with Gasteiger partial charge in [-0.3, -0.25) is 9.69 Å². The number of rotatable bonds is 9. The van der Waals surface area contributed by atoms with Crippen molar-refractivity contribution in [1.29, 1.82) is 0 Å². The van der Waals surface area contributed by atoms with Crippen molar-refractivity contribution in [3.05, 3.63) is 59.7 Å². The van der Waals surface area contributed by atoms with Crippen molar-refractivity contribution in [2.75, 3.05) is 31.6 Å². The molecule has 0 aliphatic rings.